The number of carboxylic acid groups (broad SMARTS) is 1. The average molecular weight is 295 g/mol. The Bertz CT molecular complexity index is 334. The third-order valence-electron chi connectivity index (χ3n) is 5.93. The summed E-state index contributed by atoms with van der Waals surface area (Å²) in [6, 6.07) is 0.293. The monoisotopic (exact) mass is 295 g/mol. The van der Waals surface area contributed by atoms with Gasteiger partial charge < -0.3 is 5.11 Å². The SMILES string of the molecule is CCCC1CCC(C(=O)O)C(N2CCC(C(C)C)CC2)C1. The molecule has 1 aliphatic carbocycles. The van der Waals surface area contributed by atoms with Gasteiger partial charge >= 0.3 is 5.97 Å². The van der Waals surface area contributed by atoms with Gasteiger partial charge in [-0.1, -0.05) is 33.6 Å². The van der Waals surface area contributed by atoms with Crippen molar-refractivity contribution in [3.8, 4) is 0 Å². The second-order valence-corrected chi connectivity index (χ2v) is 7.60. The van der Waals surface area contributed by atoms with Crippen molar-refractivity contribution in [3.05, 3.63) is 0 Å². The molecule has 3 heteroatoms. The van der Waals surface area contributed by atoms with Gasteiger partial charge in [0.05, 0.1) is 5.92 Å². The lowest BCUT2D eigenvalue weighted by atomic mass is 9.75. The molecule has 0 radical (unpaired) electrons. The zero-order chi connectivity index (χ0) is 15.4. The van der Waals surface area contributed by atoms with Crippen molar-refractivity contribution in [2.45, 2.75) is 71.8 Å². The lowest BCUT2D eigenvalue weighted by molar-refractivity contribution is -0.146. The molecule has 3 unspecified atom stereocenters. The first-order valence-corrected chi connectivity index (χ1v) is 8.99. The van der Waals surface area contributed by atoms with Crippen molar-refractivity contribution in [1.82, 2.24) is 4.90 Å². The zero-order valence-corrected chi connectivity index (χ0v) is 14.1. The Labute approximate surface area is 130 Å². The molecular weight excluding hydrogens is 262 g/mol. The quantitative estimate of drug-likeness (QED) is 0.832. The highest BCUT2D eigenvalue weighted by Gasteiger charge is 2.39. The molecule has 3 nitrogen and oxygen atoms in total. The van der Waals surface area contributed by atoms with Crippen LogP contribution in [0.5, 0.6) is 0 Å². The second-order valence-electron chi connectivity index (χ2n) is 7.60. The molecule has 3 atom stereocenters. The Kier molecular flexibility index (Phi) is 6.09. The van der Waals surface area contributed by atoms with Gasteiger partial charge in [-0.05, 0) is 62.9 Å². The van der Waals surface area contributed by atoms with Crippen molar-refractivity contribution in [1.29, 1.82) is 0 Å². The smallest absolute Gasteiger partial charge is 0.308 e. The van der Waals surface area contributed by atoms with Gasteiger partial charge in [0.1, 0.15) is 0 Å². The van der Waals surface area contributed by atoms with Gasteiger partial charge in [-0.15, -0.1) is 0 Å². The summed E-state index contributed by atoms with van der Waals surface area (Å²) in [6.45, 7) is 9.09. The molecule has 21 heavy (non-hydrogen) atoms. The minimum atomic E-state index is -0.569. The van der Waals surface area contributed by atoms with E-state index < -0.39 is 5.97 Å². The molecule has 0 aromatic heterocycles. The average Bonchev–Trinajstić information content (AvgIpc) is 2.47. The van der Waals surface area contributed by atoms with Crippen LogP contribution in [0.1, 0.15) is 65.7 Å². The maximum atomic E-state index is 11.6. The first-order valence-electron chi connectivity index (χ1n) is 8.99. The predicted octanol–water partition coefficient (Wildman–Crippen LogP) is 4.02. The highest BCUT2D eigenvalue weighted by molar-refractivity contribution is 5.71. The Balaban J connectivity index is 1.98. The van der Waals surface area contributed by atoms with E-state index in [9.17, 15) is 9.90 Å². The molecule has 0 aromatic carbocycles. The Morgan fingerprint density at radius 3 is 2.38 bits per heavy atom. The summed E-state index contributed by atoms with van der Waals surface area (Å²) in [5, 5.41) is 9.57. The van der Waals surface area contributed by atoms with Crippen molar-refractivity contribution < 1.29 is 9.90 Å². The van der Waals surface area contributed by atoms with Gasteiger partial charge in [0.15, 0.2) is 0 Å². The van der Waals surface area contributed by atoms with Crippen LogP contribution in [0.15, 0.2) is 0 Å². The lowest BCUT2D eigenvalue weighted by Crippen LogP contribution is -2.50. The predicted molar refractivity (Wildman–Crippen MR) is 86.3 cm³/mol. The number of carboxylic acids is 1. The molecule has 1 saturated heterocycles. The van der Waals surface area contributed by atoms with Crippen molar-refractivity contribution in [3.63, 3.8) is 0 Å². The molecule has 1 saturated carbocycles. The minimum absolute atomic E-state index is 0.131. The number of aliphatic carboxylic acids is 1. The fourth-order valence-electron chi connectivity index (χ4n) is 4.51. The van der Waals surface area contributed by atoms with Crippen LogP contribution in [0, 0.1) is 23.7 Å². The van der Waals surface area contributed by atoms with E-state index in [0.29, 0.717) is 6.04 Å². The van der Waals surface area contributed by atoms with Crippen LogP contribution in [-0.2, 0) is 4.79 Å². The summed E-state index contributed by atoms with van der Waals surface area (Å²) in [6.07, 6.45) is 8.10. The number of hydrogen-bond acceptors (Lipinski definition) is 2. The first-order chi connectivity index (χ1) is 10.0. The molecule has 0 bridgehead atoms. The van der Waals surface area contributed by atoms with Gasteiger partial charge in [-0.3, -0.25) is 9.69 Å². The van der Waals surface area contributed by atoms with Crippen molar-refractivity contribution in [2.24, 2.45) is 23.7 Å². The Morgan fingerprint density at radius 2 is 1.86 bits per heavy atom. The van der Waals surface area contributed by atoms with Crippen LogP contribution in [0.2, 0.25) is 0 Å². The fourth-order valence-corrected chi connectivity index (χ4v) is 4.51. The molecular formula is C18H33NO2. The molecule has 122 valence electrons. The van der Waals surface area contributed by atoms with Crippen molar-refractivity contribution >= 4 is 5.97 Å². The van der Waals surface area contributed by atoms with Gasteiger partial charge in [-0.25, -0.2) is 0 Å². The van der Waals surface area contributed by atoms with Crippen LogP contribution in [0.25, 0.3) is 0 Å². The Morgan fingerprint density at radius 1 is 1.19 bits per heavy atom. The second kappa shape index (κ2) is 7.62. The molecule has 1 aliphatic heterocycles. The maximum Gasteiger partial charge on any atom is 0.308 e. The standard InChI is InChI=1S/C18H33NO2/c1-4-5-14-6-7-16(18(20)21)17(12-14)19-10-8-15(9-11-19)13(2)3/h13-17H,4-12H2,1-3H3,(H,20,21). The number of rotatable bonds is 5. The van der Waals surface area contributed by atoms with Gasteiger partial charge in [0.2, 0.25) is 0 Å². The van der Waals surface area contributed by atoms with E-state index in [2.05, 4.69) is 25.7 Å². The maximum absolute atomic E-state index is 11.6. The van der Waals surface area contributed by atoms with Crippen molar-refractivity contribution in [2.75, 3.05) is 13.1 Å². The van der Waals surface area contributed by atoms with Crippen LogP contribution in [0.4, 0.5) is 0 Å². The van der Waals surface area contributed by atoms with E-state index in [0.717, 1.165) is 50.1 Å². The van der Waals surface area contributed by atoms with Crippen LogP contribution in [0.3, 0.4) is 0 Å². The molecule has 0 spiro atoms. The lowest BCUT2D eigenvalue weighted by Gasteiger charge is -2.44. The van der Waals surface area contributed by atoms with Gasteiger partial charge in [0, 0.05) is 6.04 Å². The number of hydrogen-bond donors (Lipinski definition) is 1. The van der Waals surface area contributed by atoms with Gasteiger partial charge in [-0.2, -0.15) is 0 Å². The third kappa shape index (κ3) is 4.21. The highest BCUT2D eigenvalue weighted by atomic mass is 16.4. The van der Waals surface area contributed by atoms with Crippen LogP contribution < -0.4 is 0 Å². The van der Waals surface area contributed by atoms with E-state index in [1.807, 2.05) is 0 Å². The molecule has 2 aliphatic rings. The number of nitrogens with zero attached hydrogens (tertiary/aromatic N) is 1. The molecule has 0 amide bonds. The highest BCUT2D eigenvalue weighted by Crippen LogP contribution is 2.37. The number of piperidine rings is 1. The zero-order valence-electron chi connectivity index (χ0n) is 14.1. The molecule has 1 heterocycles. The van der Waals surface area contributed by atoms with E-state index in [1.54, 1.807) is 0 Å². The molecule has 1 N–H and O–H groups in total. The summed E-state index contributed by atoms with van der Waals surface area (Å²) in [5.41, 5.74) is 0. The summed E-state index contributed by atoms with van der Waals surface area (Å²) < 4.78 is 0. The van der Waals surface area contributed by atoms with Gasteiger partial charge in [0.25, 0.3) is 0 Å². The first kappa shape index (κ1) is 16.8. The summed E-state index contributed by atoms with van der Waals surface area (Å²) in [4.78, 5) is 14.1. The summed E-state index contributed by atoms with van der Waals surface area (Å²) >= 11 is 0. The summed E-state index contributed by atoms with van der Waals surface area (Å²) in [7, 11) is 0. The van der Waals surface area contributed by atoms with E-state index in [4.69, 9.17) is 0 Å². The van der Waals surface area contributed by atoms with E-state index in [-0.39, 0.29) is 5.92 Å². The normalized spacial score (nSPS) is 32.5. The van der Waals surface area contributed by atoms with Crippen LogP contribution >= 0.6 is 0 Å². The fraction of sp³-hybridized carbons (Fsp3) is 0.944. The summed E-state index contributed by atoms with van der Waals surface area (Å²) in [5.74, 6) is 1.65. The topological polar surface area (TPSA) is 40.5 Å². The largest absolute Gasteiger partial charge is 0.481 e. The number of likely N-dealkylation sites (tertiary alicyclic amines) is 1. The Hall–Kier alpha value is -0.570. The van der Waals surface area contributed by atoms with E-state index in [1.165, 1.54) is 25.7 Å². The third-order valence-corrected chi connectivity index (χ3v) is 5.93. The molecule has 2 rings (SSSR count). The van der Waals surface area contributed by atoms with E-state index >= 15 is 0 Å². The molecule has 2 fully saturated rings. The number of carbonyl (C=O) groups is 1. The van der Waals surface area contributed by atoms with Crippen LogP contribution in [-0.4, -0.2) is 35.1 Å². The minimum Gasteiger partial charge on any atom is -0.481 e. The molecule has 0 aromatic rings.